The third-order valence-electron chi connectivity index (χ3n) is 1.49. The van der Waals surface area contributed by atoms with Crippen LogP contribution in [0.5, 0.6) is 0 Å². The number of hydrogen-bond donors (Lipinski definition) is 1. The molecular weight excluding hydrogens is 217 g/mol. The van der Waals surface area contributed by atoms with E-state index in [1.54, 1.807) is 0 Å². The Bertz CT molecular complexity index is 313. The summed E-state index contributed by atoms with van der Waals surface area (Å²) >= 11 is 0. The Morgan fingerprint density at radius 2 is 2.20 bits per heavy atom. The topological polar surface area (TPSA) is 68.4 Å². The van der Waals surface area contributed by atoms with E-state index in [1.165, 1.54) is 7.11 Å². The van der Waals surface area contributed by atoms with Crippen LogP contribution in [0.4, 0.5) is 13.2 Å². The lowest BCUT2D eigenvalue weighted by molar-refractivity contribution is -0.146. The van der Waals surface area contributed by atoms with Crippen LogP contribution in [-0.2, 0) is 17.3 Å². The highest BCUT2D eigenvalue weighted by atomic mass is 19.4. The molecule has 0 fully saturated rings. The second-order valence-electron chi connectivity index (χ2n) is 2.82. The zero-order valence-electron chi connectivity index (χ0n) is 7.78. The molecule has 0 aliphatic carbocycles. The van der Waals surface area contributed by atoms with Crippen molar-refractivity contribution < 1.29 is 27.5 Å². The van der Waals surface area contributed by atoms with Gasteiger partial charge in [-0.3, -0.25) is 0 Å². The largest absolute Gasteiger partial charge is 0.455 e. The van der Waals surface area contributed by atoms with Crippen LogP contribution < -0.4 is 0 Å². The molecule has 0 aromatic carbocycles. The van der Waals surface area contributed by atoms with Gasteiger partial charge in [-0.25, -0.2) is 0 Å². The maximum Gasteiger partial charge on any atom is 0.455 e. The molecule has 86 valence electrons. The number of halogens is 3. The molecule has 15 heavy (non-hydrogen) atoms. The zero-order valence-corrected chi connectivity index (χ0v) is 7.78. The van der Waals surface area contributed by atoms with Crippen molar-refractivity contribution >= 4 is 0 Å². The Kier molecular flexibility index (Phi) is 3.64. The molecule has 1 unspecified atom stereocenters. The zero-order chi connectivity index (χ0) is 11.5. The first-order chi connectivity index (χ1) is 6.93. The van der Waals surface area contributed by atoms with E-state index < -0.39 is 18.1 Å². The molecule has 5 nitrogen and oxygen atoms in total. The number of aliphatic hydroxyl groups is 1. The Morgan fingerprint density at radius 3 is 2.67 bits per heavy atom. The van der Waals surface area contributed by atoms with Crippen molar-refractivity contribution in [3.8, 4) is 0 Å². The molecule has 1 N–H and O–H groups in total. The number of methoxy groups -OCH3 is 1. The SMILES string of the molecule is COCC(O)Cc1nc(C(F)(F)F)no1. The molecule has 1 rings (SSSR count). The van der Waals surface area contributed by atoms with Crippen LogP contribution in [0.1, 0.15) is 11.7 Å². The summed E-state index contributed by atoms with van der Waals surface area (Å²) < 4.78 is 44.9. The van der Waals surface area contributed by atoms with Crippen molar-refractivity contribution in [3.05, 3.63) is 11.7 Å². The van der Waals surface area contributed by atoms with Gasteiger partial charge in [-0.2, -0.15) is 18.2 Å². The van der Waals surface area contributed by atoms with Crippen LogP contribution in [0.2, 0.25) is 0 Å². The minimum absolute atomic E-state index is 0.0102. The van der Waals surface area contributed by atoms with E-state index in [-0.39, 0.29) is 18.9 Å². The maximum absolute atomic E-state index is 12.0. The fourth-order valence-electron chi connectivity index (χ4n) is 0.906. The van der Waals surface area contributed by atoms with Crippen LogP contribution in [0, 0.1) is 0 Å². The average Bonchev–Trinajstić information content (AvgIpc) is 2.52. The van der Waals surface area contributed by atoms with E-state index in [2.05, 4.69) is 19.4 Å². The standard InChI is InChI=1S/C7H9F3N2O3/c1-14-3-4(13)2-5-11-6(12-15-5)7(8,9)10/h4,13H,2-3H2,1H3. The molecule has 0 saturated carbocycles. The van der Waals surface area contributed by atoms with Gasteiger partial charge in [-0.15, -0.1) is 0 Å². The fraction of sp³-hybridized carbons (Fsp3) is 0.714. The van der Waals surface area contributed by atoms with E-state index in [0.29, 0.717) is 0 Å². The van der Waals surface area contributed by atoms with Crippen molar-refractivity contribution in [2.24, 2.45) is 0 Å². The van der Waals surface area contributed by atoms with Crippen LogP contribution in [-0.4, -0.2) is 35.1 Å². The Balaban J connectivity index is 2.61. The summed E-state index contributed by atoms with van der Waals surface area (Å²) in [5.41, 5.74) is 0. The first-order valence-electron chi connectivity index (χ1n) is 4.00. The molecule has 1 aromatic rings. The Hall–Kier alpha value is -1.15. The summed E-state index contributed by atoms with van der Waals surface area (Å²) in [7, 11) is 1.36. The van der Waals surface area contributed by atoms with Crippen LogP contribution >= 0.6 is 0 Å². The maximum atomic E-state index is 12.0. The Morgan fingerprint density at radius 1 is 1.53 bits per heavy atom. The van der Waals surface area contributed by atoms with Crippen molar-refractivity contribution in [2.75, 3.05) is 13.7 Å². The molecule has 0 amide bonds. The normalized spacial score (nSPS) is 14.2. The molecule has 0 saturated heterocycles. The molecule has 0 radical (unpaired) electrons. The molecule has 1 heterocycles. The molecule has 0 aliphatic heterocycles. The highest BCUT2D eigenvalue weighted by Gasteiger charge is 2.37. The van der Waals surface area contributed by atoms with Gasteiger partial charge in [0.25, 0.3) is 5.82 Å². The smallest absolute Gasteiger partial charge is 0.390 e. The van der Waals surface area contributed by atoms with Crippen molar-refractivity contribution in [1.29, 1.82) is 0 Å². The van der Waals surface area contributed by atoms with Gasteiger partial charge in [0.1, 0.15) is 0 Å². The average molecular weight is 226 g/mol. The van der Waals surface area contributed by atoms with Crippen molar-refractivity contribution in [3.63, 3.8) is 0 Å². The molecular formula is C7H9F3N2O3. The fourth-order valence-corrected chi connectivity index (χ4v) is 0.906. The first-order valence-corrected chi connectivity index (χ1v) is 4.00. The summed E-state index contributed by atoms with van der Waals surface area (Å²) in [5, 5.41) is 11.9. The Labute approximate surface area is 82.8 Å². The second-order valence-corrected chi connectivity index (χ2v) is 2.82. The molecule has 1 atom stereocenters. The van der Waals surface area contributed by atoms with Gasteiger partial charge in [0.05, 0.1) is 19.1 Å². The van der Waals surface area contributed by atoms with Gasteiger partial charge in [0.15, 0.2) is 0 Å². The number of hydrogen-bond acceptors (Lipinski definition) is 5. The number of ether oxygens (including phenoxy) is 1. The predicted octanol–water partition coefficient (Wildman–Crippen LogP) is 0.638. The third kappa shape index (κ3) is 3.48. The number of aromatic nitrogens is 2. The monoisotopic (exact) mass is 226 g/mol. The van der Waals surface area contributed by atoms with E-state index in [4.69, 9.17) is 0 Å². The van der Waals surface area contributed by atoms with E-state index in [0.717, 1.165) is 0 Å². The third-order valence-corrected chi connectivity index (χ3v) is 1.49. The molecule has 0 spiro atoms. The quantitative estimate of drug-likeness (QED) is 0.815. The summed E-state index contributed by atoms with van der Waals surface area (Å²) in [6.07, 6.45) is -5.76. The van der Waals surface area contributed by atoms with E-state index >= 15 is 0 Å². The van der Waals surface area contributed by atoms with Gasteiger partial charge >= 0.3 is 6.18 Å². The number of alkyl halides is 3. The summed E-state index contributed by atoms with van der Waals surface area (Å²) in [6.45, 7) is -0.0102. The van der Waals surface area contributed by atoms with Gasteiger partial charge in [-0.05, 0) is 0 Å². The lowest BCUT2D eigenvalue weighted by Crippen LogP contribution is -2.17. The lowest BCUT2D eigenvalue weighted by atomic mass is 10.3. The highest BCUT2D eigenvalue weighted by Crippen LogP contribution is 2.26. The summed E-state index contributed by atoms with van der Waals surface area (Å²) in [6, 6.07) is 0. The number of rotatable bonds is 4. The minimum atomic E-state index is -4.63. The van der Waals surface area contributed by atoms with Crippen LogP contribution in [0.3, 0.4) is 0 Å². The van der Waals surface area contributed by atoms with Gasteiger partial charge < -0.3 is 14.4 Å². The summed E-state index contributed by atoms with van der Waals surface area (Å²) in [4.78, 5) is 3.09. The molecule has 8 heteroatoms. The van der Waals surface area contributed by atoms with Gasteiger partial charge in [0, 0.05) is 7.11 Å². The van der Waals surface area contributed by atoms with Crippen LogP contribution in [0.15, 0.2) is 4.52 Å². The second kappa shape index (κ2) is 4.58. The van der Waals surface area contributed by atoms with Gasteiger partial charge in [-0.1, -0.05) is 5.16 Å². The van der Waals surface area contributed by atoms with E-state index in [9.17, 15) is 18.3 Å². The molecule has 0 bridgehead atoms. The van der Waals surface area contributed by atoms with E-state index in [1.807, 2.05) is 0 Å². The van der Waals surface area contributed by atoms with Crippen molar-refractivity contribution in [2.45, 2.75) is 18.7 Å². The predicted molar refractivity (Wildman–Crippen MR) is 40.9 cm³/mol. The lowest BCUT2D eigenvalue weighted by Gasteiger charge is -2.04. The summed E-state index contributed by atoms with van der Waals surface area (Å²) in [5.74, 6) is -1.62. The van der Waals surface area contributed by atoms with Crippen LogP contribution in [0.25, 0.3) is 0 Å². The minimum Gasteiger partial charge on any atom is -0.390 e. The molecule has 1 aromatic heterocycles. The number of nitrogens with zero attached hydrogens (tertiary/aromatic N) is 2. The number of aliphatic hydroxyl groups excluding tert-OH is 1. The first kappa shape index (κ1) is 11.9. The molecule has 0 aliphatic rings. The van der Waals surface area contributed by atoms with Crippen molar-refractivity contribution in [1.82, 2.24) is 10.1 Å². The highest BCUT2D eigenvalue weighted by molar-refractivity contribution is 4.91. The van der Waals surface area contributed by atoms with Gasteiger partial charge in [0.2, 0.25) is 5.89 Å².